The molecule has 2 heteroatoms. The molecule has 2 atom stereocenters. The fraction of sp³-hybridized carbons (Fsp3) is 0.625. The lowest BCUT2D eigenvalue weighted by atomic mass is 9.93. The highest BCUT2D eigenvalue weighted by Crippen LogP contribution is 2.16. The quantitative estimate of drug-likeness (QED) is 0.759. The third kappa shape index (κ3) is 4.69. The summed E-state index contributed by atoms with van der Waals surface area (Å²) >= 11 is 0. The molecule has 0 heterocycles. The van der Waals surface area contributed by atoms with Crippen LogP contribution in [0.15, 0.2) is 24.3 Å². The Bertz CT molecular complexity index is 320. The summed E-state index contributed by atoms with van der Waals surface area (Å²) in [6.45, 7) is 7.84. The molecule has 18 heavy (non-hydrogen) atoms. The maximum Gasteiger partial charge on any atom is 0.118 e. The largest absolute Gasteiger partial charge is 0.497 e. The molecule has 0 amide bonds. The van der Waals surface area contributed by atoms with E-state index >= 15 is 0 Å². The molecule has 102 valence electrons. The number of hydrogen-bond donors (Lipinski definition) is 1. The maximum atomic E-state index is 5.18. The van der Waals surface area contributed by atoms with Gasteiger partial charge in [0.05, 0.1) is 7.11 Å². The lowest BCUT2D eigenvalue weighted by Crippen LogP contribution is -2.35. The second-order valence-electron chi connectivity index (χ2n) is 4.94. The third-order valence-corrected chi connectivity index (χ3v) is 3.70. The molecule has 2 unspecified atom stereocenters. The van der Waals surface area contributed by atoms with Gasteiger partial charge in [0, 0.05) is 6.04 Å². The van der Waals surface area contributed by atoms with E-state index in [0.29, 0.717) is 6.04 Å². The summed E-state index contributed by atoms with van der Waals surface area (Å²) in [7, 11) is 1.71. The van der Waals surface area contributed by atoms with Crippen LogP contribution in [0.4, 0.5) is 0 Å². The number of rotatable bonds is 8. The van der Waals surface area contributed by atoms with Crippen LogP contribution in [0, 0.1) is 5.92 Å². The molecule has 0 saturated carbocycles. The van der Waals surface area contributed by atoms with E-state index in [-0.39, 0.29) is 0 Å². The fourth-order valence-electron chi connectivity index (χ4n) is 2.25. The molecule has 0 saturated heterocycles. The Morgan fingerprint density at radius 3 is 2.33 bits per heavy atom. The maximum absolute atomic E-state index is 5.18. The highest BCUT2D eigenvalue weighted by atomic mass is 16.5. The number of benzene rings is 1. The summed E-state index contributed by atoms with van der Waals surface area (Å²) in [4.78, 5) is 0. The Balaban J connectivity index is 2.49. The molecule has 0 bridgehead atoms. The minimum atomic E-state index is 0.627. The topological polar surface area (TPSA) is 21.3 Å². The van der Waals surface area contributed by atoms with Crippen molar-refractivity contribution in [3.05, 3.63) is 29.8 Å². The lowest BCUT2D eigenvalue weighted by molar-refractivity contribution is 0.354. The van der Waals surface area contributed by atoms with E-state index < -0.39 is 0 Å². The molecule has 1 N–H and O–H groups in total. The molecule has 0 spiro atoms. The minimum Gasteiger partial charge on any atom is -0.497 e. The molecule has 0 aliphatic rings. The summed E-state index contributed by atoms with van der Waals surface area (Å²) < 4.78 is 5.18. The molecule has 0 fully saturated rings. The lowest BCUT2D eigenvalue weighted by Gasteiger charge is -2.23. The van der Waals surface area contributed by atoms with Gasteiger partial charge in [-0.25, -0.2) is 0 Å². The first kappa shape index (κ1) is 15.0. The fourth-order valence-corrected chi connectivity index (χ4v) is 2.25. The Hall–Kier alpha value is -1.02. The Kier molecular flexibility index (Phi) is 6.81. The van der Waals surface area contributed by atoms with Gasteiger partial charge >= 0.3 is 0 Å². The van der Waals surface area contributed by atoms with Crippen LogP contribution in [-0.4, -0.2) is 19.7 Å². The van der Waals surface area contributed by atoms with Gasteiger partial charge in [0.15, 0.2) is 0 Å². The Labute approximate surface area is 112 Å². The normalized spacial score (nSPS) is 14.2. The molecular formula is C16H27NO. The van der Waals surface area contributed by atoms with Crippen molar-refractivity contribution >= 4 is 0 Å². The van der Waals surface area contributed by atoms with Gasteiger partial charge < -0.3 is 10.1 Å². The van der Waals surface area contributed by atoms with Gasteiger partial charge in [-0.2, -0.15) is 0 Å². The second kappa shape index (κ2) is 8.15. The molecular weight excluding hydrogens is 222 g/mol. The predicted octanol–water partition coefficient (Wildman–Crippen LogP) is 3.65. The molecule has 0 aromatic heterocycles. The van der Waals surface area contributed by atoms with Crippen LogP contribution < -0.4 is 10.1 Å². The number of methoxy groups -OCH3 is 1. The van der Waals surface area contributed by atoms with E-state index in [2.05, 4.69) is 38.2 Å². The molecule has 2 nitrogen and oxygen atoms in total. The van der Waals surface area contributed by atoms with Gasteiger partial charge in [0.2, 0.25) is 0 Å². The average Bonchev–Trinajstić information content (AvgIpc) is 2.43. The van der Waals surface area contributed by atoms with E-state index in [9.17, 15) is 0 Å². The van der Waals surface area contributed by atoms with Crippen molar-refractivity contribution in [2.75, 3.05) is 13.7 Å². The minimum absolute atomic E-state index is 0.627. The van der Waals surface area contributed by atoms with Crippen molar-refractivity contribution in [3.63, 3.8) is 0 Å². The molecule has 0 aliphatic heterocycles. The van der Waals surface area contributed by atoms with E-state index in [4.69, 9.17) is 4.74 Å². The molecule has 0 radical (unpaired) electrons. The third-order valence-electron chi connectivity index (χ3n) is 3.70. The smallest absolute Gasteiger partial charge is 0.118 e. The Morgan fingerprint density at radius 2 is 1.83 bits per heavy atom. The summed E-state index contributed by atoms with van der Waals surface area (Å²) in [6, 6.07) is 9.04. The van der Waals surface area contributed by atoms with Crippen molar-refractivity contribution in [3.8, 4) is 5.75 Å². The van der Waals surface area contributed by atoms with Crippen LogP contribution in [0.25, 0.3) is 0 Å². The summed E-state index contributed by atoms with van der Waals surface area (Å²) in [5.41, 5.74) is 1.39. The highest BCUT2D eigenvalue weighted by molar-refractivity contribution is 5.27. The summed E-state index contributed by atoms with van der Waals surface area (Å²) in [5.74, 6) is 1.67. The molecule has 1 rings (SSSR count). The van der Waals surface area contributed by atoms with Crippen molar-refractivity contribution in [1.29, 1.82) is 0 Å². The SMILES string of the molecule is CCNC(CCc1ccc(OC)cc1)C(C)CC. The molecule has 1 aromatic carbocycles. The van der Waals surface area contributed by atoms with Gasteiger partial charge in [-0.15, -0.1) is 0 Å². The zero-order valence-corrected chi connectivity index (χ0v) is 12.2. The van der Waals surface area contributed by atoms with Gasteiger partial charge in [0.1, 0.15) is 5.75 Å². The standard InChI is InChI=1S/C16H27NO/c1-5-13(3)16(17-6-2)12-9-14-7-10-15(18-4)11-8-14/h7-8,10-11,13,16-17H,5-6,9,12H2,1-4H3. The average molecular weight is 249 g/mol. The van der Waals surface area contributed by atoms with Crippen molar-refractivity contribution < 1.29 is 4.74 Å². The zero-order chi connectivity index (χ0) is 13.4. The van der Waals surface area contributed by atoms with Crippen molar-refractivity contribution in [2.45, 2.75) is 46.1 Å². The van der Waals surface area contributed by atoms with E-state index in [0.717, 1.165) is 24.6 Å². The number of ether oxygens (including phenoxy) is 1. The van der Waals surface area contributed by atoms with Crippen LogP contribution in [-0.2, 0) is 6.42 Å². The first-order valence-corrected chi connectivity index (χ1v) is 7.07. The van der Waals surface area contributed by atoms with Crippen LogP contribution >= 0.6 is 0 Å². The first-order chi connectivity index (χ1) is 8.71. The zero-order valence-electron chi connectivity index (χ0n) is 12.2. The Morgan fingerprint density at radius 1 is 1.17 bits per heavy atom. The monoisotopic (exact) mass is 249 g/mol. The van der Waals surface area contributed by atoms with E-state index in [1.165, 1.54) is 18.4 Å². The second-order valence-corrected chi connectivity index (χ2v) is 4.94. The van der Waals surface area contributed by atoms with Crippen LogP contribution in [0.1, 0.15) is 39.2 Å². The van der Waals surface area contributed by atoms with Crippen LogP contribution in [0.2, 0.25) is 0 Å². The molecule has 0 aliphatic carbocycles. The van der Waals surface area contributed by atoms with Gasteiger partial charge in [-0.05, 0) is 43.0 Å². The van der Waals surface area contributed by atoms with Gasteiger partial charge in [-0.1, -0.05) is 39.3 Å². The highest BCUT2D eigenvalue weighted by Gasteiger charge is 2.14. The predicted molar refractivity (Wildman–Crippen MR) is 78.2 cm³/mol. The number of aryl methyl sites for hydroxylation is 1. The van der Waals surface area contributed by atoms with Gasteiger partial charge in [0.25, 0.3) is 0 Å². The van der Waals surface area contributed by atoms with E-state index in [1.54, 1.807) is 7.11 Å². The van der Waals surface area contributed by atoms with Crippen LogP contribution in [0.5, 0.6) is 5.75 Å². The van der Waals surface area contributed by atoms with Gasteiger partial charge in [-0.3, -0.25) is 0 Å². The van der Waals surface area contributed by atoms with Crippen molar-refractivity contribution in [1.82, 2.24) is 5.32 Å². The summed E-state index contributed by atoms with van der Waals surface area (Å²) in [6.07, 6.45) is 3.57. The summed E-state index contributed by atoms with van der Waals surface area (Å²) in [5, 5.41) is 3.60. The van der Waals surface area contributed by atoms with Crippen molar-refractivity contribution in [2.24, 2.45) is 5.92 Å². The number of hydrogen-bond acceptors (Lipinski definition) is 2. The van der Waals surface area contributed by atoms with E-state index in [1.807, 2.05) is 12.1 Å². The molecule has 1 aromatic rings. The number of nitrogens with one attached hydrogen (secondary N) is 1. The van der Waals surface area contributed by atoms with Crippen LogP contribution in [0.3, 0.4) is 0 Å². The first-order valence-electron chi connectivity index (χ1n) is 7.07.